The van der Waals surface area contributed by atoms with Gasteiger partial charge in [-0.3, -0.25) is 0 Å². The highest BCUT2D eigenvalue weighted by atomic mass is 16.3. The van der Waals surface area contributed by atoms with Crippen LogP contribution in [0.25, 0.3) is 123 Å². The largest absolute Gasteiger partial charge is 0.455 e. The lowest BCUT2D eigenvalue weighted by Gasteiger charge is -2.11. The van der Waals surface area contributed by atoms with Crippen molar-refractivity contribution < 1.29 is 4.42 Å². The highest BCUT2D eigenvalue weighted by molar-refractivity contribution is 6.15. The molecule has 0 spiro atoms. The second-order valence-corrected chi connectivity index (χ2v) is 16.3. The summed E-state index contributed by atoms with van der Waals surface area (Å²) >= 11 is 0. The topological polar surface area (TPSA) is 51.8 Å². The van der Waals surface area contributed by atoms with E-state index in [9.17, 15) is 0 Å². The van der Waals surface area contributed by atoms with Gasteiger partial charge in [0.15, 0.2) is 17.5 Å². The minimum Gasteiger partial charge on any atom is -0.455 e. The summed E-state index contributed by atoms with van der Waals surface area (Å²) in [5, 5.41) is 4.25. The van der Waals surface area contributed by atoms with Gasteiger partial charge in [-0.25, -0.2) is 15.0 Å². The minimum atomic E-state index is 0.579. The molecule has 0 atom stereocenters. The van der Waals surface area contributed by atoms with Gasteiger partial charge in [-0.15, -0.1) is 0 Å². The summed E-state index contributed by atoms with van der Waals surface area (Å²) in [7, 11) is 0. The van der Waals surface area contributed by atoms with Gasteiger partial charge in [-0.1, -0.05) is 218 Å². The van der Waals surface area contributed by atoms with Gasteiger partial charge in [0.05, 0.1) is 0 Å². The van der Waals surface area contributed by atoms with Crippen LogP contribution in [-0.4, -0.2) is 15.0 Å². The fourth-order valence-electron chi connectivity index (χ4n) is 9.10. The second-order valence-electron chi connectivity index (χ2n) is 16.3. The van der Waals surface area contributed by atoms with Crippen molar-refractivity contribution in [3.05, 3.63) is 237 Å². The van der Waals surface area contributed by atoms with Crippen molar-refractivity contribution in [1.29, 1.82) is 0 Å². The second kappa shape index (κ2) is 16.2. The number of aromatic nitrogens is 3. The Bertz CT molecular complexity index is 3670. The van der Waals surface area contributed by atoms with Crippen molar-refractivity contribution in [1.82, 2.24) is 15.0 Å². The minimum absolute atomic E-state index is 0.579. The van der Waals surface area contributed by atoms with Crippen LogP contribution in [0.5, 0.6) is 0 Å². The number of hydrogen-bond acceptors (Lipinski definition) is 4. The predicted octanol–water partition coefficient (Wildman–Crippen LogP) is 16.3. The molecule has 0 saturated carbocycles. The quantitative estimate of drug-likeness (QED) is 0.153. The first-order chi connectivity index (χ1) is 32.2. The highest BCUT2D eigenvalue weighted by Gasteiger charge is 2.20. The summed E-state index contributed by atoms with van der Waals surface area (Å²) in [6, 6.07) is 82.9. The Morgan fingerprint density at radius 1 is 0.262 bits per heavy atom. The average molecular weight is 830 g/mol. The van der Waals surface area contributed by atoms with Gasteiger partial charge in [0.1, 0.15) is 11.2 Å². The molecule has 304 valence electrons. The molecule has 10 aromatic carbocycles. The maximum absolute atomic E-state index is 6.82. The molecule has 0 aliphatic heterocycles. The van der Waals surface area contributed by atoms with Gasteiger partial charge in [0, 0.05) is 33.0 Å². The molecular weight excluding hydrogens is 791 g/mol. The first-order valence-electron chi connectivity index (χ1n) is 21.9. The van der Waals surface area contributed by atoms with Gasteiger partial charge >= 0.3 is 0 Å². The average Bonchev–Trinajstić information content (AvgIpc) is 3.78. The van der Waals surface area contributed by atoms with E-state index < -0.39 is 0 Å². The lowest BCUT2D eigenvalue weighted by molar-refractivity contribution is 0.670. The Morgan fingerprint density at radius 2 is 0.738 bits per heavy atom. The van der Waals surface area contributed by atoms with E-state index in [0.29, 0.717) is 17.5 Å². The molecule has 4 heteroatoms. The Balaban J connectivity index is 0.979. The molecule has 0 bridgehead atoms. The molecule has 12 aromatic rings. The lowest BCUT2D eigenvalue weighted by atomic mass is 9.96. The Morgan fingerprint density at radius 3 is 1.43 bits per heavy atom. The van der Waals surface area contributed by atoms with Crippen molar-refractivity contribution in [3.63, 3.8) is 0 Å². The molecule has 0 saturated heterocycles. The van der Waals surface area contributed by atoms with Gasteiger partial charge in [0.2, 0.25) is 0 Å². The number of nitrogens with zero attached hydrogens (tertiary/aromatic N) is 3. The van der Waals surface area contributed by atoms with Gasteiger partial charge in [0.25, 0.3) is 0 Å². The van der Waals surface area contributed by atoms with E-state index in [4.69, 9.17) is 19.4 Å². The molecule has 0 radical (unpaired) electrons. The van der Waals surface area contributed by atoms with Crippen molar-refractivity contribution in [2.24, 2.45) is 0 Å². The summed E-state index contributed by atoms with van der Waals surface area (Å²) in [4.78, 5) is 15.7. The molecule has 4 nitrogen and oxygen atoms in total. The zero-order valence-corrected chi connectivity index (χ0v) is 35.3. The van der Waals surface area contributed by atoms with Crippen LogP contribution in [0.3, 0.4) is 0 Å². The molecule has 2 heterocycles. The van der Waals surface area contributed by atoms with Crippen LogP contribution < -0.4 is 0 Å². The van der Waals surface area contributed by atoms with E-state index in [1.54, 1.807) is 0 Å². The smallest absolute Gasteiger partial charge is 0.164 e. The molecule has 0 fully saturated rings. The predicted molar refractivity (Wildman–Crippen MR) is 268 cm³/mol. The summed E-state index contributed by atoms with van der Waals surface area (Å²) in [5.74, 6) is 1.78. The van der Waals surface area contributed by atoms with E-state index >= 15 is 0 Å². The molecule has 0 N–H and O–H groups in total. The number of hydrogen-bond donors (Lipinski definition) is 0. The number of furan rings is 1. The maximum atomic E-state index is 6.82. The monoisotopic (exact) mass is 829 g/mol. The molecule has 2 aromatic heterocycles. The first-order valence-corrected chi connectivity index (χ1v) is 21.9. The molecule has 65 heavy (non-hydrogen) atoms. The summed E-state index contributed by atoms with van der Waals surface area (Å²) in [6.45, 7) is 0. The lowest BCUT2D eigenvalue weighted by Crippen LogP contribution is -2.00. The third kappa shape index (κ3) is 7.13. The van der Waals surface area contributed by atoms with Crippen LogP contribution in [0.15, 0.2) is 241 Å². The Kier molecular flexibility index (Phi) is 9.46. The van der Waals surface area contributed by atoms with E-state index in [1.807, 2.05) is 24.3 Å². The standard InChI is InChI=1S/C61H39N3O/c1-4-14-40(15-5-1)42-28-30-44(31-29-42)47-20-10-21-49(38-47)53-24-12-25-54-57-55(26-13-27-56(57)65-58(53)54)61-63-59(46-34-32-43(33-35-46)41-16-6-2-7-17-41)62-60(64-61)50-36-37-52-48(39-50)22-11-23-51(52)45-18-8-3-9-19-45/h1-39H. The number of rotatable bonds is 8. The summed E-state index contributed by atoms with van der Waals surface area (Å²) in [6.07, 6.45) is 0. The van der Waals surface area contributed by atoms with Gasteiger partial charge < -0.3 is 4.42 Å². The van der Waals surface area contributed by atoms with Crippen LogP contribution in [0.2, 0.25) is 0 Å². The number of benzene rings is 10. The highest BCUT2D eigenvalue weighted by Crippen LogP contribution is 2.41. The van der Waals surface area contributed by atoms with Crippen molar-refractivity contribution in [3.8, 4) is 89.8 Å². The van der Waals surface area contributed by atoms with Crippen LogP contribution in [0, 0.1) is 0 Å². The van der Waals surface area contributed by atoms with Crippen molar-refractivity contribution in [2.45, 2.75) is 0 Å². The van der Waals surface area contributed by atoms with Crippen LogP contribution in [0.4, 0.5) is 0 Å². The fraction of sp³-hybridized carbons (Fsp3) is 0. The first kappa shape index (κ1) is 38.0. The van der Waals surface area contributed by atoms with E-state index in [0.717, 1.165) is 77.4 Å². The van der Waals surface area contributed by atoms with E-state index in [1.165, 1.54) is 27.6 Å². The number of fused-ring (bicyclic) bond motifs is 4. The van der Waals surface area contributed by atoms with Crippen LogP contribution in [-0.2, 0) is 0 Å². The van der Waals surface area contributed by atoms with E-state index in [-0.39, 0.29) is 0 Å². The molecule has 0 amide bonds. The Hall–Kier alpha value is -8.73. The zero-order chi connectivity index (χ0) is 43.1. The van der Waals surface area contributed by atoms with Crippen molar-refractivity contribution in [2.75, 3.05) is 0 Å². The third-order valence-corrected chi connectivity index (χ3v) is 12.4. The third-order valence-electron chi connectivity index (χ3n) is 12.4. The molecule has 0 aliphatic carbocycles. The summed E-state index contributed by atoms with van der Waals surface area (Å²) < 4.78 is 6.82. The Labute approximate surface area is 376 Å². The molecule has 0 unspecified atom stereocenters. The van der Waals surface area contributed by atoms with Crippen LogP contribution >= 0.6 is 0 Å². The SMILES string of the molecule is c1ccc(-c2ccc(-c3cccc(-c4cccc5c4oc4cccc(-c6nc(-c7ccc(-c8ccccc8)cc7)nc(-c7ccc8c(-c9ccccc9)cccc8c7)n6)c45)c3)cc2)cc1. The molecular formula is C61H39N3O. The maximum Gasteiger partial charge on any atom is 0.164 e. The zero-order valence-electron chi connectivity index (χ0n) is 35.3. The van der Waals surface area contributed by atoms with Crippen LogP contribution in [0.1, 0.15) is 0 Å². The fourth-order valence-corrected chi connectivity index (χ4v) is 9.10. The summed E-state index contributed by atoms with van der Waals surface area (Å²) in [5.41, 5.74) is 15.7. The molecule has 0 aliphatic rings. The van der Waals surface area contributed by atoms with Gasteiger partial charge in [-0.05, 0) is 79.0 Å². The van der Waals surface area contributed by atoms with Gasteiger partial charge in [-0.2, -0.15) is 0 Å². The molecule has 12 rings (SSSR count). The number of para-hydroxylation sites is 1. The van der Waals surface area contributed by atoms with E-state index in [2.05, 4.69) is 212 Å². The van der Waals surface area contributed by atoms with Crippen molar-refractivity contribution >= 4 is 32.7 Å². The normalized spacial score (nSPS) is 11.4.